The molecule has 6 nitrogen and oxygen atoms in total. The van der Waals surface area contributed by atoms with Gasteiger partial charge in [0.15, 0.2) is 0 Å². The Kier molecular flexibility index (Phi) is 4.56. The van der Waals surface area contributed by atoms with Crippen LogP contribution >= 0.6 is 23.8 Å². The fourth-order valence-corrected chi connectivity index (χ4v) is 2.07. The Hall–Kier alpha value is -2.69. The predicted molar refractivity (Wildman–Crippen MR) is 86.2 cm³/mol. The van der Waals surface area contributed by atoms with Crippen LogP contribution in [0.4, 0.5) is 5.69 Å². The van der Waals surface area contributed by atoms with Crippen molar-refractivity contribution in [1.29, 1.82) is 5.26 Å². The van der Waals surface area contributed by atoms with E-state index in [1.165, 1.54) is 24.3 Å². The molecule has 0 bridgehead atoms. The number of non-ortho nitro benzene ring substituents is 1. The summed E-state index contributed by atoms with van der Waals surface area (Å²) >= 11 is 10.8. The van der Waals surface area contributed by atoms with Gasteiger partial charge in [0.05, 0.1) is 15.5 Å². The minimum Gasteiger partial charge on any atom is -0.457 e. The van der Waals surface area contributed by atoms with Gasteiger partial charge in [0.2, 0.25) is 0 Å². The molecule has 0 spiro atoms. The van der Waals surface area contributed by atoms with Crippen molar-refractivity contribution in [2.24, 2.45) is 5.73 Å². The molecule has 2 aromatic rings. The molecule has 0 aliphatic rings. The first-order chi connectivity index (χ1) is 10.4. The van der Waals surface area contributed by atoms with E-state index in [1.807, 2.05) is 6.07 Å². The molecule has 110 valence electrons. The Morgan fingerprint density at radius 3 is 2.73 bits per heavy atom. The normalized spacial score (nSPS) is 11.0. The summed E-state index contributed by atoms with van der Waals surface area (Å²) in [5, 5.41) is 19.8. The monoisotopic (exact) mass is 333 g/mol. The number of rotatable bonds is 4. The summed E-state index contributed by atoms with van der Waals surface area (Å²) in [6.07, 6.45) is 1.41. The fourth-order valence-electron chi connectivity index (χ4n) is 1.69. The van der Waals surface area contributed by atoms with Gasteiger partial charge in [-0.25, -0.2) is 0 Å². The molecule has 1 aromatic heterocycles. The summed E-state index contributed by atoms with van der Waals surface area (Å²) in [5.74, 6) is 0.778. The van der Waals surface area contributed by atoms with E-state index in [-0.39, 0.29) is 21.3 Å². The van der Waals surface area contributed by atoms with Gasteiger partial charge in [0.25, 0.3) is 5.69 Å². The van der Waals surface area contributed by atoms with Crippen LogP contribution in [0.3, 0.4) is 0 Å². The molecule has 0 fully saturated rings. The predicted octanol–water partition coefficient (Wildman–Crippen LogP) is 3.70. The van der Waals surface area contributed by atoms with Gasteiger partial charge in [-0.05, 0) is 18.2 Å². The van der Waals surface area contributed by atoms with E-state index in [0.717, 1.165) is 0 Å². The largest absolute Gasteiger partial charge is 0.457 e. The lowest BCUT2D eigenvalue weighted by molar-refractivity contribution is -0.384. The third kappa shape index (κ3) is 3.31. The second kappa shape index (κ2) is 6.39. The molecular weight excluding hydrogens is 326 g/mol. The number of nitrogens with two attached hydrogens (primary N) is 1. The van der Waals surface area contributed by atoms with Crippen LogP contribution in [-0.2, 0) is 0 Å². The van der Waals surface area contributed by atoms with Gasteiger partial charge in [-0.2, -0.15) is 5.26 Å². The van der Waals surface area contributed by atoms with Crippen LogP contribution in [0.25, 0.3) is 17.4 Å². The molecule has 2 N–H and O–H groups in total. The maximum atomic E-state index is 10.7. The highest BCUT2D eigenvalue weighted by Crippen LogP contribution is 2.32. The highest BCUT2D eigenvalue weighted by molar-refractivity contribution is 7.80. The number of furan rings is 1. The van der Waals surface area contributed by atoms with Crippen molar-refractivity contribution in [2.75, 3.05) is 0 Å². The van der Waals surface area contributed by atoms with E-state index in [4.69, 9.17) is 39.2 Å². The van der Waals surface area contributed by atoms with Gasteiger partial charge < -0.3 is 10.2 Å². The van der Waals surface area contributed by atoms with Crippen molar-refractivity contribution in [3.63, 3.8) is 0 Å². The molecule has 2 rings (SSSR count). The summed E-state index contributed by atoms with van der Waals surface area (Å²) in [7, 11) is 0. The minimum atomic E-state index is -0.534. The van der Waals surface area contributed by atoms with Crippen LogP contribution in [0, 0.1) is 21.4 Å². The maximum absolute atomic E-state index is 10.7. The standard InChI is InChI=1S/C14H8ClN3O3S/c15-12-6-9(18(19)20)1-3-11(12)13-4-2-10(21-13)5-8(7-16)14(17)22/h1-6H,(H2,17,22). The van der Waals surface area contributed by atoms with E-state index in [1.54, 1.807) is 12.1 Å². The number of hydrogen-bond donors (Lipinski definition) is 1. The molecule has 22 heavy (non-hydrogen) atoms. The van der Waals surface area contributed by atoms with Crippen molar-refractivity contribution in [1.82, 2.24) is 0 Å². The number of benzene rings is 1. The molecule has 1 aromatic carbocycles. The van der Waals surface area contributed by atoms with Crippen LogP contribution in [0.5, 0.6) is 0 Å². The lowest BCUT2D eigenvalue weighted by Gasteiger charge is -2.00. The first kappa shape index (κ1) is 15.7. The summed E-state index contributed by atoms with van der Waals surface area (Å²) < 4.78 is 5.54. The lowest BCUT2D eigenvalue weighted by Crippen LogP contribution is -2.09. The third-order valence-electron chi connectivity index (χ3n) is 2.73. The van der Waals surface area contributed by atoms with Gasteiger partial charge >= 0.3 is 0 Å². The molecule has 1 heterocycles. The zero-order chi connectivity index (χ0) is 16.3. The van der Waals surface area contributed by atoms with E-state index in [0.29, 0.717) is 17.1 Å². The van der Waals surface area contributed by atoms with E-state index in [2.05, 4.69) is 0 Å². The quantitative estimate of drug-likeness (QED) is 0.300. The van der Waals surface area contributed by atoms with Gasteiger partial charge in [-0.15, -0.1) is 0 Å². The number of hydrogen-bond acceptors (Lipinski definition) is 5. The summed E-state index contributed by atoms with van der Waals surface area (Å²) in [6, 6.07) is 9.17. The first-order valence-corrected chi connectivity index (χ1v) is 6.66. The topological polar surface area (TPSA) is 106 Å². The highest BCUT2D eigenvalue weighted by Gasteiger charge is 2.13. The minimum absolute atomic E-state index is 0.0335. The average molecular weight is 334 g/mol. The van der Waals surface area contributed by atoms with Gasteiger partial charge in [0, 0.05) is 23.8 Å². The zero-order valence-electron chi connectivity index (χ0n) is 10.9. The van der Waals surface area contributed by atoms with Crippen molar-refractivity contribution < 1.29 is 9.34 Å². The third-order valence-corrected chi connectivity index (χ3v) is 3.26. The molecule has 0 saturated carbocycles. The van der Waals surface area contributed by atoms with Gasteiger partial charge in [-0.3, -0.25) is 10.1 Å². The number of nitriles is 1. The SMILES string of the molecule is N#CC(=Cc1ccc(-c2ccc([N+](=O)[O-])cc2Cl)o1)C(N)=S. The van der Waals surface area contributed by atoms with Crippen molar-refractivity contribution in [3.05, 3.63) is 56.8 Å². The molecule has 0 saturated heterocycles. The summed E-state index contributed by atoms with van der Waals surface area (Å²) in [5.41, 5.74) is 5.90. The maximum Gasteiger partial charge on any atom is 0.270 e. The van der Waals surface area contributed by atoms with E-state index in [9.17, 15) is 10.1 Å². The van der Waals surface area contributed by atoms with Crippen molar-refractivity contribution >= 4 is 40.6 Å². The van der Waals surface area contributed by atoms with Crippen LogP contribution in [0.1, 0.15) is 5.76 Å². The Balaban J connectivity index is 2.39. The molecule has 0 amide bonds. The number of nitrogens with zero attached hydrogens (tertiary/aromatic N) is 2. The Bertz CT molecular complexity index is 836. The average Bonchev–Trinajstić information content (AvgIpc) is 2.92. The molecular formula is C14H8ClN3O3S. The zero-order valence-corrected chi connectivity index (χ0v) is 12.5. The smallest absolute Gasteiger partial charge is 0.270 e. The van der Waals surface area contributed by atoms with Crippen LogP contribution in [-0.4, -0.2) is 9.91 Å². The number of thiocarbonyl (C=S) groups is 1. The molecule has 0 unspecified atom stereocenters. The second-order valence-corrected chi connectivity index (χ2v) is 5.00. The Labute approximate surface area is 135 Å². The first-order valence-electron chi connectivity index (χ1n) is 5.88. The lowest BCUT2D eigenvalue weighted by atomic mass is 10.1. The summed E-state index contributed by atoms with van der Waals surface area (Å²) in [4.78, 5) is 10.1. The number of halogens is 1. The van der Waals surface area contributed by atoms with Crippen molar-refractivity contribution in [2.45, 2.75) is 0 Å². The van der Waals surface area contributed by atoms with E-state index >= 15 is 0 Å². The number of nitro benzene ring substituents is 1. The van der Waals surface area contributed by atoms with E-state index < -0.39 is 4.92 Å². The highest BCUT2D eigenvalue weighted by atomic mass is 35.5. The van der Waals surface area contributed by atoms with Crippen LogP contribution in [0.15, 0.2) is 40.3 Å². The molecule has 0 radical (unpaired) electrons. The molecule has 0 aliphatic heterocycles. The van der Waals surface area contributed by atoms with Crippen LogP contribution in [0.2, 0.25) is 5.02 Å². The van der Waals surface area contributed by atoms with Gasteiger partial charge in [0.1, 0.15) is 22.6 Å². The van der Waals surface area contributed by atoms with Crippen LogP contribution < -0.4 is 5.73 Å². The Morgan fingerprint density at radius 1 is 1.45 bits per heavy atom. The summed E-state index contributed by atoms with van der Waals surface area (Å²) in [6.45, 7) is 0. The van der Waals surface area contributed by atoms with Gasteiger partial charge in [-0.1, -0.05) is 23.8 Å². The number of nitro groups is 1. The van der Waals surface area contributed by atoms with Crippen molar-refractivity contribution in [3.8, 4) is 17.4 Å². The molecule has 0 aliphatic carbocycles. The second-order valence-electron chi connectivity index (χ2n) is 4.16. The molecule has 0 atom stereocenters. The molecule has 8 heteroatoms. The fraction of sp³-hybridized carbons (Fsp3) is 0. The Morgan fingerprint density at radius 2 is 2.18 bits per heavy atom.